The second-order valence-corrected chi connectivity index (χ2v) is 8.10. The van der Waals surface area contributed by atoms with Crippen LogP contribution < -0.4 is 10.0 Å². The summed E-state index contributed by atoms with van der Waals surface area (Å²) in [4.78, 5) is 12.6. The first kappa shape index (κ1) is 18.1. The third-order valence-electron chi connectivity index (χ3n) is 3.60. The average Bonchev–Trinajstić information content (AvgIpc) is 3.13. The van der Waals surface area contributed by atoms with Crippen molar-refractivity contribution in [3.8, 4) is 0 Å². The van der Waals surface area contributed by atoms with Crippen molar-refractivity contribution in [3.05, 3.63) is 76.2 Å². The number of benzene rings is 2. The van der Waals surface area contributed by atoms with Crippen LogP contribution in [0.3, 0.4) is 0 Å². The lowest BCUT2D eigenvalue weighted by atomic mass is 10.2. The van der Waals surface area contributed by atoms with Gasteiger partial charge in [-0.25, -0.2) is 12.8 Å². The van der Waals surface area contributed by atoms with Gasteiger partial charge in [0.2, 0.25) is 0 Å². The van der Waals surface area contributed by atoms with Crippen LogP contribution in [-0.2, 0) is 10.0 Å². The maximum atomic E-state index is 13.8. The van der Waals surface area contributed by atoms with E-state index in [1.165, 1.54) is 41.7 Å². The van der Waals surface area contributed by atoms with Gasteiger partial charge >= 0.3 is 0 Å². The van der Waals surface area contributed by atoms with Crippen molar-refractivity contribution in [1.82, 2.24) is 0 Å². The summed E-state index contributed by atoms with van der Waals surface area (Å²) in [6, 6.07) is 13.5. The highest BCUT2D eigenvalue weighted by Crippen LogP contribution is 2.24. The molecular formula is C18H15FN2O3S2. The third-order valence-corrected chi connectivity index (χ3v) is 5.97. The number of para-hydroxylation sites is 1. The maximum Gasteiger partial charge on any atom is 0.265 e. The van der Waals surface area contributed by atoms with Crippen LogP contribution in [0.1, 0.15) is 15.2 Å². The minimum atomic E-state index is -4.02. The van der Waals surface area contributed by atoms with Crippen molar-refractivity contribution in [3.63, 3.8) is 0 Å². The lowest BCUT2D eigenvalue weighted by Gasteiger charge is -2.13. The number of carbonyl (C=O) groups excluding carboxylic acids is 1. The number of rotatable bonds is 5. The van der Waals surface area contributed by atoms with Crippen LogP contribution in [0, 0.1) is 12.7 Å². The highest BCUT2D eigenvalue weighted by Gasteiger charge is 2.20. The number of halogens is 1. The molecule has 0 saturated carbocycles. The minimum absolute atomic E-state index is 0.0373. The van der Waals surface area contributed by atoms with Crippen LogP contribution in [0.5, 0.6) is 0 Å². The zero-order valence-corrected chi connectivity index (χ0v) is 15.3. The normalized spacial score (nSPS) is 11.2. The number of nitrogens with one attached hydrogen (secondary N) is 2. The Balaban J connectivity index is 1.89. The number of sulfonamides is 1. The van der Waals surface area contributed by atoms with Gasteiger partial charge in [-0.2, -0.15) is 0 Å². The quantitative estimate of drug-likeness (QED) is 0.684. The summed E-state index contributed by atoms with van der Waals surface area (Å²) in [7, 11) is -4.02. The van der Waals surface area contributed by atoms with Gasteiger partial charge in [-0.15, -0.1) is 11.3 Å². The second kappa shape index (κ2) is 7.27. The van der Waals surface area contributed by atoms with E-state index in [9.17, 15) is 17.6 Å². The number of carbonyl (C=O) groups is 1. The number of aryl methyl sites for hydroxylation is 1. The largest absolute Gasteiger partial charge is 0.321 e. The molecule has 0 unspecified atom stereocenters. The van der Waals surface area contributed by atoms with Crippen LogP contribution in [0.15, 0.2) is 64.9 Å². The Morgan fingerprint density at radius 3 is 2.54 bits per heavy atom. The molecule has 3 aromatic rings. The van der Waals surface area contributed by atoms with E-state index in [2.05, 4.69) is 10.0 Å². The van der Waals surface area contributed by atoms with Crippen molar-refractivity contribution in [2.24, 2.45) is 0 Å². The SMILES string of the molecule is Cc1ccc(NC(=O)c2cccs2)cc1S(=O)(=O)Nc1ccccc1F. The zero-order chi connectivity index (χ0) is 18.7. The summed E-state index contributed by atoms with van der Waals surface area (Å²) < 4.78 is 41.3. The second-order valence-electron chi connectivity index (χ2n) is 5.50. The van der Waals surface area contributed by atoms with Gasteiger partial charge < -0.3 is 5.32 Å². The lowest BCUT2D eigenvalue weighted by Crippen LogP contribution is -2.16. The number of amides is 1. The van der Waals surface area contributed by atoms with Crippen LogP contribution in [-0.4, -0.2) is 14.3 Å². The van der Waals surface area contributed by atoms with Gasteiger partial charge in [-0.1, -0.05) is 24.3 Å². The Bertz CT molecular complexity index is 1050. The lowest BCUT2D eigenvalue weighted by molar-refractivity contribution is 0.103. The highest BCUT2D eigenvalue weighted by molar-refractivity contribution is 7.92. The monoisotopic (exact) mass is 390 g/mol. The molecule has 5 nitrogen and oxygen atoms in total. The third kappa shape index (κ3) is 3.92. The molecule has 1 heterocycles. The van der Waals surface area contributed by atoms with Crippen LogP contribution in [0.2, 0.25) is 0 Å². The molecule has 8 heteroatoms. The number of anilines is 2. The van der Waals surface area contributed by atoms with E-state index in [1.807, 2.05) is 0 Å². The summed E-state index contributed by atoms with van der Waals surface area (Å²) in [5, 5.41) is 4.44. The average molecular weight is 390 g/mol. The Morgan fingerprint density at radius 2 is 1.85 bits per heavy atom. The molecule has 26 heavy (non-hydrogen) atoms. The van der Waals surface area contributed by atoms with E-state index >= 15 is 0 Å². The first-order valence-corrected chi connectivity index (χ1v) is 9.96. The molecule has 0 radical (unpaired) electrons. The van der Waals surface area contributed by atoms with Gasteiger partial charge in [0.05, 0.1) is 15.5 Å². The van der Waals surface area contributed by atoms with E-state index in [0.717, 1.165) is 0 Å². The zero-order valence-electron chi connectivity index (χ0n) is 13.7. The smallest absolute Gasteiger partial charge is 0.265 e. The van der Waals surface area contributed by atoms with Gasteiger partial charge in [0, 0.05) is 5.69 Å². The summed E-state index contributed by atoms with van der Waals surface area (Å²) in [6.45, 7) is 1.63. The standard InChI is InChI=1S/C18H15FN2O3S2/c1-12-8-9-13(20-18(22)16-7-4-10-25-16)11-17(12)26(23,24)21-15-6-3-2-5-14(15)19/h2-11,21H,1H3,(H,20,22). The molecular weight excluding hydrogens is 375 g/mol. The molecule has 0 atom stereocenters. The van der Waals surface area contributed by atoms with Gasteiger partial charge in [0.15, 0.2) is 0 Å². The number of hydrogen-bond acceptors (Lipinski definition) is 4. The predicted molar refractivity (Wildman–Crippen MR) is 101 cm³/mol. The summed E-state index contributed by atoms with van der Waals surface area (Å²) >= 11 is 1.28. The molecule has 0 fully saturated rings. The Morgan fingerprint density at radius 1 is 1.08 bits per heavy atom. The van der Waals surface area contributed by atoms with Crippen molar-refractivity contribution in [2.45, 2.75) is 11.8 Å². The van der Waals surface area contributed by atoms with Crippen molar-refractivity contribution in [2.75, 3.05) is 10.0 Å². The number of thiophene rings is 1. The van der Waals surface area contributed by atoms with Crippen molar-refractivity contribution < 1.29 is 17.6 Å². The molecule has 0 aliphatic rings. The van der Waals surface area contributed by atoms with Gasteiger partial charge in [0.1, 0.15) is 5.82 Å². The van der Waals surface area contributed by atoms with E-state index in [1.54, 1.807) is 36.6 Å². The molecule has 0 spiro atoms. The van der Waals surface area contributed by atoms with E-state index in [0.29, 0.717) is 16.1 Å². The van der Waals surface area contributed by atoms with E-state index < -0.39 is 15.8 Å². The molecule has 1 aromatic heterocycles. The van der Waals surface area contributed by atoms with Crippen LogP contribution in [0.4, 0.5) is 15.8 Å². The first-order chi connectivity index (χ1) is 12.4. The van der Waals surface area contributed by atoms with Crippen molar-refractivity contribution >= 4 is 38.6 Å². The van der Waals surface area contributed by atoms with E-state index in [4.69, 9.17) is 0 Å². The molecule has 134 valence electrons. The van der Waals surface area contributed by atoms with Crippen molar-refractivity contribution in [1.29, 1.82) is 0 Å². The fourth-order valence-corrected chi connectivity index (χ4v) is 4.27. The molecule has 2 N–H and O–H groups in total. The van der Waals surface area contributed by atoms with Crippen LogP contribution in [0.25, 0.3) is 0 Å². The molecule has 1 amide bonds. The summed E-state index contributed by atoms with van der Waals surface area (Å²) in [5.74, 6) is -0.995. The topological polar surface area (TPSA) is 75.3 Å². The minimum Gasteiger partial charge on any atom is -0.321 e. The Hall–Kier alpha value is -2.71. The Kier molecular flexibility index (Phi) is 5.06. The molecule has 0 aliphatic carbocycles. The fraction of sp³-hybridized carbons (Fsp3) is 0.0556. The number of hydrogen-bond donors (Lipinski definition) is 2. The molecule has 0 saturated heterocycles. The summed E-state index contributed by atoms with van der Waals surface area (Å²) in [6.07, 6.45) is 0. The molecule has 0 aliphatic heterocycles. The first-order valence-electron chi connectivity index (χ1n) is 7.60. The van der Waals surface area contributed by atoms with Crippen LogP contribution >= 0.6 is 11.3 Å². The van der Waals surface area contributed by atoms with Gasteiger partial charge in [-0.05, 0) is 48.2 Å². The van der Waals surface area contributed by atoms with Gasteiger partial charge in [0.25, 0.3) is 15.9 Å². The Labute approximate surface area is 154 Å². The summed E-state index contributed by atoms with van der Waals surface area (Å²) in [5.41, 5.74) is 0.672. The highest BCUT2D eigenvalue weighted by atomic mass is 32.2. The maximum absolute atomic E-state index is 13.8. The molecule has 3 rings (SSSR count). The fourth-order valence-electron chi connectivity index (χ4n) is 2.31. The molecule has 2 aromatic carbocycles. The molecule has 0 bridgehead atoms. The van der Waals surface area contributed by atoms with E-state index in [-0.39, 0.29) is 16.5 Å². The predicted octanol–water partition coefficient (Wildman–Crippen LogP) is 4.25. The van der Waals surface area contributed by atoms with Gasteiger partial charge in [-0.3, -0.25) is 9.52 Å².